The van der Waals surface area contributed by atoms with Crippen molar-refractivity contribution in [3.63, 3.8) is 0 Å². The number of carbonyl (C=O) groups excluding carboxylic acids is 1. The Morgan fingerprint density at radius 3 is 2.77 bits per heavy atom. The Labute approximate surface area is 132 Å². The van der Waals surface area contributed by atoms with E-state index in [0.29, 0.717) is 23.0 Å². The van der Waals surface area contributed by atoms with Crippen molar-refractivity contribution < 1.29 is 4.79 Å². The van der Waals surface area contributed by atoms with Gasteiger partial charge in [0.25, 0.3) is 5.91 Å². The van der Waals surface area contributed by atoms with Crippen molar-refractivity contribution in [1.29, 1.82) is 0 Å². The first-order valence-electron chi connectivity index (χ1n) is 6.71. The molecule has 0 aliphatic rings. The summed E-state index contributed by atoms with van der Waals surface area (Å²) in [5.41, 5.74) is 2.94. The summed E-state index contributed by atoms with van der Waals surface area (Å²) in [4.78, 5) is 16.1. The highest BCUT2D eigenvalue weighted by Crippen LogP contribution is 2.20. The van der Waals surface area contributed by atoms with Crippen LogP contribution in [0.1, 0.15) is 16.1 Å². The molecule has 0 saturated heterocycles. The zero-order valence-electron chi connectivity index (χ0n) is 11.6. The largest absolute Gasteiger partial charge is 0.347 e. The molecule has 0 fully saturated rings. The molecule has 2 heterocycles. The molecule has 0 atom stereocenters. The predicted octanol–water partition coefficient (Wildman–Crippen LogP) is 3.06. The van der Waals surface area contributed by atoms with E-state index in [1.807, 2.05) is 24.3 Å². The molecule has 110 valence electrons. The lowest BCUT2D eigenvalue weighted by Crippen LogP contribution is -2.23. The van der Waals surface area contributed by atoms with E-state index in [0.717, 1.165) is 11.1 Å². The molecule has 1 amide bonds. The number of aromatic amines is 1. The summed E-state index contributed by atoms with van der Waals surface area (Å²) < 4.78 is 0. The number of benzene rings is 1. The number of hydrogen-bond acceptors (Lipinski definition) is 3. The van der Waals surface area contributed by atoms with Crippen LogP contribution in [0.2, 0.25) is 5.02 Å². The molecule has 2 N–H and O–H groups in total. The Morgan fingerprint density at radius 1 is 1.23 bits per heavy atom. The second kappa shape index (κ2) is 6.41. The minimum atomic E-state index is -0.212. The zero-order chi connectivity index (χ0) is 15.4. The van der Waals surface area contributed by atoms with Gasteiger partial charge in [0.2, 0.25) is 0 Å². The molecule has 5 nitrogen and oxygen atoms in total. The first kappa shape index (κ1) is 14.3. The SMILES string of the molecule is O=C(NCc1cccnc1)c1cc(-c2ccc(Cl)cc2)n[nH]1. The number of rotatable bonds is 4. The Bertz CT molecular complexity index is 768. The van der Waals surface area contributed by atoms with Crippen molar-refractivity contribution in [2.45, 2.75) is 6.54 Å². The molecule has 1 aromatic carbocycles. The molecule has 0 spiro atoms. The molecule has 0 saturated carbocycles. The molecule has 22 heavy (non-hydrogen) atoms. The fourth-order valence-electron chi connectivity index (χ4n) is 1.99. The highest BCUT2D eigenvalue weighted by molar-refractivity contribution is 6.30. The molecule has 0 aliphatic heterocycles. The smallest absolute Gasteiger partial charge is 0.269 e. The van der Waals surface area contributed by atoms with E-state index in [-0.39, 0.29) is 5.91 Å². The van der Waals surface area contributed by atoms with Crippen molar-refractivity contribution in [2.75, 3.05) is 0 Å². The molecular formula is C16H13ClN4O. The normalized spacial score (nSPS) is 10.4. The lowest BCUT2D eigenvalue weighted by atomic mass is 10.1. The van der Waals surface area contributed by atoms with E-state index < -0.39 is 0 Å². The van der Waals surface area contributed by atoms with Gasteiger partial charge < -0.3 is 5.32 Å². The third-order valence-corrected chi connectivity index (χ3v) is 3.39. The summed E-state index contributed by atoms with van der Waals surface area (Å²) in [5.74, 6) is -0.212. The first-order valence-corrected chi connectivity index (χ1v) is 7.08. The lowest BCUT2D eigenvalue weighted by Gasteiger charge is -2.02. The number of halogens is 1. The minimum Gasteiger partial charge on any atom is -0.347 e. The number of pyridine rings is 1. The molecular weight excluding hydrogens is 300 g/mol. The van der Waals surface area contributed by atoms with E-state index in [1.54, 1.807) is 30.6 Å². The maximum absolute atomic E-state index is 12.1. The summed E-state index contributed by atoms with van der Waals surface area (Å²) in [6.07, 6.45) is 3.41. The maximum atomic E-state index is 12.1. The van der Waals surface area contributed by atoms with Gasteiger partial charge in [-0.3, -0.25) is 14.9 Å². The van der Waals surface area contributed by atoms with Crippen LogP contribution in [-0.4, -0.2) is 21.1 Å². The van der Waals surface area contributed by atoms with Crippen LogP contribution in [-0.2, 0) is 6.54 Å². The molecule has 0 aliphatic carbocycles. The van der Waals surface area contributed by atoms with Crippen molar-refractivity contribution in [1.82, 2.24) is 20.5 Å². The van der Waals surface area contributed by atoms with Crippen LogP contribution in [0.5, 0.6) is 0 Å². The number of aromatic nitrogens is 3. The molecule has 2 aromatic heterocycles. The van der Waals surface area contributed by atoms with Gasteiger partial charge in [-0.05, 0) is 29.8 Å². The lowest BCUT2D eigenvalue weighted by molar-refractivity contribution is 0.0946. The van der Waals surface area contributed by atoms with E-state index in [9.17, 15) is 4.79 Å². The van der Waals surface area contributed by atoms with Gasteiger partial charge in [0.1, 0.15) is 5.69 Å². The van der Waals surface area contributed by atoms with Crippen LogP contribution in [0.3, 0.4) is 0 Å². The summed E-state index contributed by atoms with van der Waals surface area (Å²) in [6, 6.07) is 12.7. The van der Waals surface area contributed by atoms with Gasteiger partial charge >= 0.3 is 0 Å². The van der Waals surface area contributed by atoms with Gasteiger partial charge in [-0.2, -0.15) is 5.10 Å². The van der Waals surface area contributed by atoms with Gasteiger partial charge in [0.15, 0.2) is 0 Å². The number of nitrogens with zero attached hydrogens (tertiary/aromatic N) is 2. The van der Waals surface area contributed by atoms with Crippen molar-refractivity contribution in [3.05, 3.63) is 71.1 Å². The second-order valence-corrected chi connectivity index (χ2v) is 5.15. The van der Waals surface area contributed by atoms with Gasteiger partial charge in [0.05, 0.1) is 5.69 Å². The van der Waals surface area contributed by atoms with E-state index >= 15 is 0 Å². The van der Waals surface area contributed by atoms with Crippen LogP contribution in [0.25, 0.3) is 11.3 Å². The van der Waals surface area contributed by atoms with Crippen LogP contribution in [0, 0.1) is 0 Å². The number of amides is 1. The number of carbonyl (C=O) groups is 1. The Kier molecular flexibility index (Phi) is 4.16. The van der Waals surface area contributed by atoms with Crippen LogP contribution in [0.4, 0.5) is 0 Å². The average Bonchev–Trinajstić information content (AvgIpc) is 3.04. The molecule has 0 bridgehead atoms. The molecule has 3 aromatic rings. The van der Waals surface area contributed by atoms with Gasteiger partial charge in [-0.15, -0.1) is 0 Å². The fourth-order valence-corrected chi connectivity index (χ4v) is 2.11. The zero-order valence-corrected chi connectivity index (χ0v) is 12.3. The Morgan fingerprint density at radius 2 is 2.05 bits per heavy atom. The van der Waals surface area contributed by atoms with Gasteiger partial charge in [0, 0.05) is 29.5 Å². The topological polar surface area (TPSA) is 70.7 Å². The summed E-state index contributed by atoms with van der Waals surface area (Å²) in [7, 11) is 0. The van der Waals surface area contributed by atoms with Crippen LogP contribution < -0.4 is 5.32 Å². The fraction of sp³-hybridized carbons (Fsp3) is 0.0625. The summed E-state index contributed by atoms with van der Waals surface area (Å²) in [5, 5.41) is 10.4. The van der Waals surface area contributed by atoms with E-state index in [1.165, 1.54) is 0 Å². The quantitative estimate of drug-likeness (QED) is 0.778. The Hall–Kier alpha value is -2.66. The number of H-pyrrole nitrogens is 1. The monoisotopic (exact) mass is 312 g/mol. The third-order valence-electron chi connectivity index (χ3n) is 3.14. The van der Waals surface area contributed by atoms with E-state index in [4.69, 9.17) is 11.6 Å². The van der Waals surface area contributed by atoms with Crippen LogP contribution in [0.15, 0.2) is 54.9 Å². The standard InChI is InChI=1S/C16H13ClN4O/c17-13-5-3-12(4-6-13)14-8-15(21-20-14)16(22)19-10-11-2-1-7-18-9-11/h1-9H,10H2,(H,19,22)(H,20,21). The van der Waals surface area contributed by atoms with Crippen molar-refractivity contribution >= 4 is 17.5 Å². The van der Waals surface area contributed by atoms with Gasteiger partial charge in [-0.25, -0.2) is 0 Å². The highest BCUT2D eigenvalue weighted by Gasteiger charge is 2.10. The molecule has 6 heteroatoms. The third kappa shape index (κ3) is 3.32. The second-order valence-electron chi connectivity index (χ2n) is 4.72. The average molecular weight is 313 g/mol. The van der Waals surface area contributed by atoms with Crippen molar-refractivity contribution in [2.24, 2.45) is 0 Å². The molecule has 0 unspecified atom stereocenters. The number of nitrogens with one attached hydrogen (secondary N) is 2. The molecule has 3 rings (SSSR count). The number of hydrogen-bond donors (Lipinski definition) is 2. The van der Waals surface area contributed by atoms with Gasteiger partial charge in [-0.1, -0.05) is 29.8 Å². The summed E-state index contributed by atoms with van der Waals surface area (Å²) >= 11 is 5.86. The van der Waals surface area contributed by atoms with Crippen LogP contribution >= 0.6 is 11.6 Å². The maximum Gasteiger partial charge on any atom is 0.269 e. The minimum absolute atomic E-state index is 0.212. The molecule has 0 radical (unpaired) electrons. The predicted molar refractivity (Wildman–Crippen MR) is 84.4 cm³/mol. The Balaban J connectivity index is 1.68. The summed E-state index contributed by atoms with van der Waals surface area (Å²) in [6.45, 7) is 0.419. The van der Waals surface area contributed by atoms with Crippen molar-refractivity contribution in [3.8, 4) is 11.3 Å². The highest BCUT2D eigenvalue weighted by atomic mass is 35.5. The first-order chi connectivity index (χ1) is 10.7. The van der Waals surface area contributed by atoms with E-state index in [2.05, 4.69) is 20.5 Å².